The van der Waals surface area contributed by atoms with Crippen molar-refractivity contribution >= 4 is 17.7 Å². The van der Waals surface area contributed by atoms with E-state index in [0.717, 1.165) is 19.1 Å². The smallest absolute Gasteiger partial charge is 0.337 e. The monoisotopic (exact) mass is 286 g/mol. The molecule has 8 heteroatoms. The van der Waals surface area contributed by atoms with Gasteiger partial charge in [-0.25, -0.2) is 14.0 Å². The lowest BCUT2D eigenvalue weighted by atomic mass is 10.1. The number of halogens is 1. The van der Waals surface area contributed by atoms with E-state index in [9.17, 15) is 19.1 Å². The highest BCUT2D eigenvalue weighted by molar-refractivity contribution is 5.91. The summed E-state index contributed by atoms with van der Waals surface area (Å²) in [7, 11) is 1.35. The molecule has 20 heavy (non-hydrogen) atoms. The standard InChI is InChI=1S/C12H15FN2O5/c1-12(19,10(16)17)6-14-11(18)15-8-5-7(13)3-4-9(8)20-2/h3-5,19H,6H2,1-2H3,(H,16,17)(H2,14,15,18). The van der Waals surface area contributed by atoms with Crippen molar-refractivity contribution in [3.63, 3.8) is 0 Å². The molecule has 1 aromatic carbocycles. The van der Waals surface area contributed by atoms with E-state index in [1.807, 2.05) is 0 Å². The molecule has 1 rings (SSSR count). The molecule has 7 nitrogen and oxygen atoms in total. The Morgan fingerprint density at radius 1 is 1.45 bits per heavy atom. The van der Waals surface area contributed by atoms with E-state index in [2.05, 4.69) is 10.6 Å². The molecule has 0 aliphatic heterocycles. The van der Waals surface area contributed by atoms with Crippen LogP contribution in [-0.4, -0.2) is 41.5 Å². The second-order valence-electron chi connectivity index (χ2n) is 4.23. The van der Waals surface area contributed by atoms with Crippen molar-refractivity contribution in [2.24, 2.45) is 0 Å². The molecule has 2 amide bonds. The van der Waals surface area contributed by atoms with E-state index in [1.54, 1.807) is 0 Å². The number of methoxy groups -OCH3 is 1. The Labute approximate surface area is 114 Å². The summed E-state index contributed by atoms with van der Waals surface area (Å²) in [5, 5.41) is 22.6. The number of amides is 2. The zero-order valence-corrected chi connectivity index (χ0v) is 10.9. The van der Waals surface area contributed by atoms with Crippen LogP contribution in [0.4, 0.5) is 14.9 Å². The Balaban J connectivity index is 2.68. The number of benzene rings is 1. The van der Waals surface area contributed by atoms with E-state index in [4.69, 9.17) is 9.84 Å². The van der Waals surface area contributed by atoms with Gasteiger partial charge < -0.3 is 25.6 Å². The van der Waals surface area contributed by atoms with Gasteiger partial charge in [-0.1, -0.05) is 0 Å². The lowest BCUT2D eigenvalue weighted by molar-refractivity contribution is -0.155. The Kier molecular flexibility index (Phi) is 4.87. The number of ether oxygens (including phenoxy) is 1. The van der Waals surface area contributed by atoms with Crippen LogP contribution in [0.25, 0.3) is 0 Å². The maximum Gasteiger partial charge on any atom is 0.337 e. The number of hydrogen-bond donors (Lipinski definition) is 4. The fourth-order valence-electron chi connectivity index (χ4n) is 1.27. The minimum atomic E-state index is -2.09. The highest BCUT2D eigenvalue weighted by atomic mass is 19.1. The van der Waals surface area contributed by atoms with Gasteiger partial charge in [-0.15, -0.1) is 0 Å². The Morgan fingerprint density at radius 2 is 2.10 bits per heavy atom. The van der Waals surface area contributed by atoms with Crippen molar-refractivity contribution in [1.29, 1.82) is 0 Å². The lowest BCUT2D eigenvalue weighted by Gasteiger charge is -2.18. The molecule has 4 N–H and O–H groups in total. The first-order chi connectivity index (χ1) is 9.26. The van der Waals surface area contributed by atoms with E-state index in [0.29, 0.717) is 0 Å². The van der Waals surface area contributed by atoms with Crippen LogP contribution in [0, 0.1) is 5.82 Å². The summed E-state index contributed by atoms with van der Waals surface area (Å²) in [6, 6.07) is 2.75. The van der Waals surface area contributed by atoms with Gasteiger partial charge in [0.2, 0.25) is 0 Å². The zero-order valence-electron chi connectivity index (χ0n) is 10.9. The van der Waals surface area contributed by atoms with Crippen LogP contribution in [0.15, 0.2) is 18.2 Å². The quantitative estimate of drug-likeness (QED) is 0.640. The summed E-state index contributed by atoms with van der Waals surface area (Å²) in [6.45, 7) is 0.532. The largest absolute Gasteiger partial charge is 0.495 e. The van der Waals surface area contributed by atoms with E-state index in [-0.39, 0.29) is 11.4 Å². The molecule has 0 radical (unpaired) electrons. The topological polar surface area (TPSA) is 108 Å². The minimum Gasteiger partial charge on any atom is -0.495 e. The van der Waals surface area contributed by atoms with Crippen LogP contribution >= 0.6 is 0 Å². The predicted octanol–water partition coefficient (Wildman–Crippen LogP) is 0.791. The van der Waals surface area contributed by atoms with Gasteiger partial charge in [0, 0.05) is 6.07 Å². The fourth-order valence-corrected chi connectivity index (χ4v) is 1.27. The van der Waals surface area contributed by atoms with Gasteiger partial charge in [-0.3, -0.25) is 0 Å². The number of carboxylic acid groups (broad SMARTS) is 1. The van der Waals surface area contributed by atoms with Crippen molar-refractivity contribution < 1.29 is 28.9 Å². The number of urea groups is 1. The number of carboxylic acids is 1. The normalized spacial score (nSPS) is 13.2. The van der Waals surface area contributed by atoms with Gasteiger partial charge in [0.05, 0.1) is 19.3 Å². The molecule has 0 aliphatic carbocycles. The lowest BCUT2D eigenvalue weighted by Crippen LogP contribution is -2.47. The number of rotatable bonds is 5. The summed E-state index contributed by atoms with van der Waals surface area (Å²) in [6.07, 6.45) is 0. The molecule has 1 atom stereocenters. The third kappa shape index (κ3) is 4.09. The van der Waals surface area contributed by atoms with Crippen LogP contribution in [0.1, 0.15) is 6.92 Å². The van der Waals surface area contributed by atoms with Crippen LogP contribution in [0.5, 0.6) is 5.75 Å². The third-order valence-corrected chi connectivity index (χ3v) is 2.46. The molecule has 0 aromatic heterocycles. The molecular formula is C12H15FN2O5. The van der Waals surface area contributed by atoms with E-state index in [1.165, 1.54) is 13.2 Å². The fraction of sp³-hybridized carbons (Fsp3) is 0.333. The summed E-state index contributed by atoms with van der Waals surface area (Å²) in [5.74, 6) is -1.80. The van der Waals surface area contributed by atoms with E-state index >= 15 is 0 Å². The SMILES string of the molecule is COc1ccc(F)cc1NC(=O)NCC(C)(O)C(=O)O. The minimum absolute atomic E-state index is 0.0833. The highest BCUT2D eigenvalue weighted by Gasteiger charge is 2.30. The molecule has 110 valence electrons. The van der Waals surface area contributed by atoms with Crippen LogP contribution in [0.2, 0.25) is 0 Å². The number of carbonyl (C=O) groups excluding carboxylic acids is 1. The molecule has 1 aromatic rings. The molecule has 0 fully saturated rings. The van der Waals surface area contributed by atoms with Crippen LogP contribution in [0.3, 0.4) is 0 Å². The van der Waals surface area contributed by atoms with Crippen molar-refractivity contribution in [1.82, 2.24) is 5.32 Å². The van der Waals surface area contributed by atoms with E-state index < -0.39 is 30.0 Å². The van der Waals surface area contributed by atoms with Gasteiger partial charge in [0.25, 0.3) is 0 Å². The average Bonchev–Trinajstić information content (AvgIpc) is 2.36. The first-order valence-corrected chi connectivity index (χ1v) is 5.60. The zero-order chi connectivity index (χ0) is 15.3. The summed E-state index contributed by atoms with van der Waals surface area (Å²) in [4.78, 5) is 22.2. The Bertz CT molecular complexity index is 519. The third-order valence-electron chi connectivity index (χ3n) is 2.46. The maximum absolute atomic E-state index is 13.1. The highest BCUT2D eigenvalue weighted by Crippen LogP contribution is 2.24. The summed E-state index contributed by atoms with van der Waals surface area (Å²) < 4.78 is 18.0. The molecule has 0 saturated heterocycles. The average molecular weight is 286 g/mol. The number of nitrogens with one attached hydrogen (secondary N) is 2. The molecular weight excluding hydrogens is 271 g/mol. The van der Waals surface area contributed by atoms with Crippen molar-refractivity contribution in [3.05, 3.63) is 24.0 Å². The molecule has 1 unspecified atom stereocenters. The molecule has 0 spiro atoms. The molecule has 0 bridgehead atoms. The van der Waals surface area contributed by atoms with Gasteiger partial charge >= 0.3 is 12.0 Å². The van der Waals surface area contributed by atoms with Gasteiger partial charge in [0.1, 0.15) is 11.6 Å². The van der Waals surface area contributed by atoms with Gasteiger partial charge in [0.15, 0.2) is 5.60 Å². The molecule has 0 heterocycles. The van der Waals surface area contributed by atoms with Crippen LogP contribution < -0.4 is 15.4 Å². The van der Waals surface area contributed by atoms with Gasteiger partial charge in [-0.05, 0) is 19.1 Å². The first-order valence-electron chi connectivity index (χ1n) is 5.60. The number of aliphatic carboxylic acids is 1. The number of anilines is 1. The van der Waals surface area contributed by atoms with Crippen LogP contribution in [-0.2, 0) is 4.79 Å². The number of hydrogen-bond acceptors (Lipinski definition) is 4. The molecule has 0 saturated carbocycles. The number of aliphatic hydroxyl groups is 1. The summed E-state index contributed by atoms with van der Waals surface area (Å²) in [5.41, 5.74) is -2.01. The Hall–Kier alpha value is -2.35. The van der Waals surface area contributed by atoms with Crippen molar-refractivity contribution in [2.75, 3.05) is 19.0 Å². The second kappa shape index (κ2) is 6.20. The van der Waals surface area contributed by atoms with Gasteiger partial charge in [-0.2, -0.15) is 0 Å². The predicted molar refractivity (Wildman–Crippen MR) is 68.2 cm³/mol. The molecule has 0 aliphatic rings. The summed E-state index contributed by atoms with van der Waals surface area (Å²) >= 11 is 0. The van der Waals surface area contributed by atoms with Crippen molar-refractivity contribution in [3.8, 4) is 5.75 Å². The van der Waals surface area contributed by atoms with Crippen molar-refractivity contribution in [2.45, 2.75) is 12.5 Å². The second-order valence-corrected chi connectivity index (χ2v) is 4.23. The Morgan fingerprint density at radius 3 is 2.65 bits per heavy atom. The number of carbonyl (C=O) groups is 2. The first kappa shape index (κ1) is 15.7. The maximum atomic E-state index is 13.1.